The number of hydrogen-bond acceptors (Lipinski definition) is 4. The number of carbonyl (C=O) groups is 2. The number of benzene rings is 2. The highest BCUT2D eigenvalue weighted by Crippen LogP contribution is 2.13. The van der Waals surface area contributed by atoms with Crippen molar-refractivity contribution in [1.29, 1.82) is 0 Å². The van der Waals surface area contributed by atoms with Crippen LogP contribution in [0.3, 0.4) is 0 Å². The fourth-order valence-corrected chi connectivity index (χ4v) is 2.53. The van der Waals surface area contributed by atoms with Gasteiger partial charge in [-0.3, -0.25) is 9.59 Å². The number of aryl methyl sites for hydroxylation is 1. The molecule has 5 nitrogen and oxygen atoms in total. The molecule has 2 aromatic carbocycles. The molecule has 0 unspecified atom stereocenters. The van der Waals surface area contributed by atoms with Crippen molar-refractivity contribution in [3.63, 3.8) is 0 Å². The van der Waals surface area contributed by atoms with Gasteiger partial charge in [-0.1, -0.05) is 29.8 Å². The maximum absolute atomic E-state index is 12.3. The van der Waals surface area contributed by atoms with Gasteiger partial charge >= 0.3 is 0 Å². The number of amides is 1. The Balaban J connectivity index is 1.58. The lowest BCUT2D eigenvalue weighted by molar-refractivity contribution is 0.101. The summed E-state index contributed by atoms with van der Waals surface area (Å²) in [6.45, 7) is 4.25. The van der Waals surface area contributed by atoms with Crippen LogP contribution >= 0.6 is 0 Å². The summed E-state index contributed by atoms with van der Waals surface area (Å²) in [7, 11) is 0. The van der Waals surface area contributed by atoms with Crippen molar-refractivity contribution in [3.05, 3.63) is 89.2 Å². The van der Waals surface area contributed by atoms with Gasteiger partial charge < -0.3 is 10.6 Å². The number of nitrogens with zero attached hydrogens (tertiary/aromatic N) is 1. The number of aromatic nitrogens is 1. The Morgan fingerprint density at radius 1 is 0.889 bits per heavy atom. The van der Waals surface area contributed by atoms with Gasteiger partial charge in [0.25, 0.3) is 5.91 Å². The zero-order chi connectivity index (χ0) is 19.2. The zero-order valence-electron chi connectivity index (χ0n) is 15.3. The van der Waals surface area contributed by atoms with Crippen molar-refractivity contribution >= 4 is 23.1 Å². The molecule has 3 aromatic rings. The minimum atomic E-state index is -0.296. The average Bonchev–Trinajstić information content (AvgIpc) is 2.68. The van der Waals surface area contributed by atoms with Crippen molar-refractivity contribution in [2.45, 2.75) is 20.4 Å². The summed E-state index contributed by atoms with van der Waals surface area (Å²) in [5, 5.41) is 6.06. The number of Topliss-reactive ketones (excluding diaryl/α,β-unsaturated/α-hetero) is 1. The standard InChI is InChI=1S/C22H21N3O2/c1-15-3-5-17(6-4-15)13-23-20-11-12-21(24-14-20)22(27)25-19-9-7-18(8-10-19)16(2)26/h3-12,14,23H,13H2,1-2H3,(H,25,27). The molecule has 0 atom stereocenters. The Hall–Kier alpha value is -3.47. The highest BCUT2D eigenvalue weighted by molar-refractivity contribution is 6.03. The molecule has 0 aliphatic carbocycles. The molecule has 0 saturated carbocycles. The first-order valence-electron chi connectivity index (χ1n) is 8.69. The summed E-state index contributed by atoms with van der Waals surface area (Å²) in [6, 6.07) is 18.6. The van der Waals surface area contributed by atoms with E-state index in [9.17, 15) is 9.59 Å². The average molecular weight is 359 g/mol. The molecular weight excluding hydrogens is 338 g/mol. The number of ketones is 1. The van der Waals surface area contributed by atoms with Crippen LogP contribution in [0.2, 0.25) is 0 Å². The van der Waals surface area contributed by atoms with Crippen LogP contribution in [0.5, 0.6) is 0 Å². The van der Waals surface area contributed by atoms with Crippen LogP contribution in [0, 0.1) is 6.92 Å². The van der Waals surface area contributed by atoms with Crippen molar-refractivity contribution in [2.75, 3.05) is 10.6 Å². The predicted molar refractivity (Wildman–Crippen MR) is 107 cm³/mol. The van der Waals surface area contributed by atoms with E-state index in [1.165, 1.54) is 18.1 Å². The van der Waals surface area contributed by atoms with Crippen LogP contribution in [0.15, 0.2) is 66.9 Å². The molecule has 1 heterocycles. The first-order valence-corrected chi connectivity index (χ1v) is 8.69. The van der Waals surface area contributed by atoms with E-state index in [1.807, 2.05) is 6.07 Å². The molecule has 2 N–H and O–H groups in total. The van der Waals surface area contributed by atoms with Crippen LogP contribution in [-0.2, 0) is 6.54 Å². The topological polar surface area (TPSA) is 71.1 Å². The highest BCUT2D eigenvalue weighted by atomic mass is 16.2. The summed E-state index contributed by atoms with van der Waals surface area (Å²) in [5.41, 5.74) is 4.80. The van der Waals surface area contributed by atoms with Crippen molar-refractivity contribution in [3.8, 4) is 0 Å². The van der Waals surface area contributed by atoms with Crippen molar-refractivity contribution in [2.24, 2.45) is 0 Å². The minimum Gasteiger partial charge on any atom is -0.380 e. The van der Waals surface area contributed by atoms with E-state index >= 15 is 0 Å². The molecule has 0 aliphatic rings. The van der Waals surface area contributed by atoms with E-state index in [4.69, 9.17) is 0 Å². The smallest absolute Gasteiger partial charge is 0.274 e. The number of anilines is 2. The lowest BCUT2D eigenvalue weighted by Gasteiger charge is -2.08. The van der Waals surface area contributed by atoms with E-state index in [1.54, 1.807) is 36.5 Å². The first kappa shape index (κ1) is 18.3. The summed E-state index contributed by atoms with van der Waals surface area (Å²) in [4.78, 5) is 27.8. The largest absolute Gasteiger partial charge is 0.380 e. The van der Waals surface area contributed by atoms with E-state index < -0.39 is 0 Å². The lowest BCUT2D eigenvalue weighted by atomic mass is 10.1. The third kappa shape index (κ3) is 5.01. The molecule has 0 aliphatic heterocycles. The van der Waals surface area contributed by atoms with Crippen LogP contribution < -0.4 is 10.6 Å². The Labute approximate surface area is 158 Å². The van der Waals surface area contributed by atoms with Gasteiger partial charge in [-0.25, -0.2) is 4.98 Å². The molecule has 1 aromatic heterocycles. The Morgan fingerprint density at radius 2 is 1.56 bits per heavy atom. The van der Waals surface area contributed by atoms with Crippen molar-refractivity contribution < 1.29 is 9.59 Å². The predicted octanol–water partition coefficient (Wildman–Crippen LogP) is 4.46. The summed E-state index contributed by atoms with van der Waals surface area (Å²) < 4.78 is 0. The Kier molecular flexibility index (Phi) is 5.61. The quantitative estimate of drug-likeness (QED) is 0.638. The normalized spacial score (nSPS) is 10.3. The van der Waals surface area contributed by atoms with E-state index in [-0.39, 0.29) is 11.7 Å². The fourth-order valence-electron chi connectivity index (χ4n) is 2.53. The fraction of sp³-hybridized carbons (Fsp3) is 0.136. The minimum absolute atomic E-state index is 0.0109. The third-order valence-corrected chi connectivity index (χ3v) is 4.16. The van der Waals surface area contributed by atoms with E-state index in [0.29, 0.717) is 23.5 Å². The molecular formula is C22H21N3O2. The number of carbonyl (C=O) groups excluding carboxylic acids is 2. The molecule has 3 rings (SSSR count). The van der Waals surface area contributed by atoms with Gasteiger partial charge in [0, 0.05) is 17.8 Å². The highest BCUT2D eigenvalue weighted by Gasteiger charge is 2.08. The molecule has 0 fully saturated rings. The zero-order valence-corrected chi connectivity index (χ0v) is 15.3. The van der Waals surface area contributed by atoms with Gasteiger partial charge in [0.1, 0.15) is 5.69 Å². The molecule has 27 heavy (non-hydrogen) atoms. The molecule has 0 bridgehead atoms. The SMILES string of the molecule is CC(=O)c1ccc(NC(=O)c2ccc(NCc3ccc(C)cc3)cn2)cc1. The number of rotatable bonds is 6. The van der Waals surface area contributed by atoms with Gasteiger partial charge in [0.2, 0.25) is 0 Å². The van der Waals surface area contributed by atoms with Gasteiger partial charge in [-0.2, -0.15) is 0 Å². The number of nitrogens with one attached hydrogen (secondary N) is 2. The summed E-state index contributed by atoms with van der Waals surface area (Å²) in [6.07, 6.45) is 1.64. The van der Waals surface area contributed by atoms with Gasteiger partial charge in [-0.05, 0) is 55.8 Å². The molecule has 1 amide bonds. The van der Waals surface area contributed by atoms with E-state index in [2.05, 4.69) is 46.8 Å². The van der Waals surface area contributed by atoms with Gasteiger partial charge in [0.15, 0.2) is 5.78 Å². The van der Waals surface area contributed by atoms with Crippen LogP contribution in [-0.4, -0.2) is 16.7 Å². The molecule has 5 heteroatoms. The number of pyridine rings is 1. The van der Waals surface area contributed by atoms with Crippen LogP contribution in [0.4, 0.5) is 11.4 Å². The summed E-state index contributed by atoms with van der Waals surface area (Å²) in [5.74, 6) is -0.307. The molecule has 0 spiro atoms. The third-order valence-electron chi connectivity index (χ3n) is 4.16. The first-order chi connectivity index (χ1) is 13.0. The van der Waals surface area contributed by atoms with Crippen LogP contribution in [0.25, 0.3) is 0 Å². The summed E-state index contributed by atoms with van der Waals surface area (Å²) >= 11 is 0. The second-order valence-electron chi connectivity index (χ2n) is 6.36. The Morgan fingerprint density at radius 3 is 2.15 bits per heavy atom. The van der Waals surface area contributed by atoms with Gasteiger partial charge in [-0.15, -0.1) is 0 Å². The number of hydrogen-bond donors (Lipinski definition) is 2. The van der Waals surface area contributed by atoms with Crippen LogP contribution in [0.1, 0.15) is 38.9 Å². The maximum atomic E-state index is 12.3. The Bertz CT molecular complexity index is 931. The molecule has 136 valence electrons. The van der Waals surface area contributed by atoms with Gasteiger partial charge in [0.05, 0.1) is 11.9 Å². The molecule has 0 saturated heterocycles. The molecule has 0 radical (unpaired) electrons. The second-order valence-corrected chi connectivity index (χ2v) is 6.36. The van der Waals surface area contributed by atoms with E-state index in [0.717, 1.165) is 5.69 Å². The monoisotopic (exact) mass is 359 g/mol. The van der Waals surface area contributed by atoms with Crippen molar-refractivity contribution in [1.82, 2.24) is 4.98 Å². The second kappa shape index (κ2) is 8.27. The lowest BCUT2D eigenvalue weighted by Crippen LogP contribution is -2.13. The maximum Gasteiger partial charge on any atom is 0.274 e.